The molecule has 1 aromatic heterocycles. The van der Waals surface area contributed by atoms with Gasteiger partial charge in [0.05, 0.1) is 5.69 Å². The number of oxazole rings is 1. The van der Waals surface area contributed by atoms with E-state index in [0.29, 0.717) is 11.8 Å². The van der Waals surface area contributed by atoms with Gasteiger partial charge < -0.3 is 15.3 Å². The van der Waals surface area contributed by atoms with Crippen LogP contribution in [0.2, 0.25) is 0 Å². The fourth-order valence-electron chi connectivity index (χ4n) is 1.56. The molecule has 1 saturated carbocycles. The van der Waals surface area contributed by atoms with E-state index >= 15 is 0 Å². The Balaban J connectivity index is 1.95. The summed E-state index contributed by atoms with van der Waals surface area (Å²) in [6, 6.07) is -0.249. The molecule has 2 unspecified atom stereocenters. The second kappa shape index (κ2) is 3.71. The molecule has 0 aromatic carbocycles. The van der Waals surface area contributed by atoms with E-state index < -0.39 is 6.10 Å². The van der Waals surface area contributed by atoms with Gasteiger partial charge in [-0.15, -0.1) is 0 Å². The van der Waals surface area contributed by atoms with Gasteiger partial charge in [0.2, 0.25) is 5.89 Å². The Morgan fingerprint density at radius 2 is 2.43 bits per heavy atom. The zero-order valence-corrected chi connectivity index (χ0v) is 8.31. The Bertz CT molecular complexity index is 307. The van der Waals surface area contributed by atoms with Crippen molar-refractivity contribution in [2.24, 2.45) is 11.7 Å². The van der Waals surface area contributed by atoms with Crippen LogP contribution in [0.1, 0.15) is 37.0 Å². The monoisotopic (exact) mass is 196 g/mol. The van der Waals surface area contributed by atoms with Crippen LogP contribution in [-0.2, 0) is 0 Å². The van der Waals surface area contributed by atoms with Crippen molar-refractivity contribution in [1.82, 2.24) is 4.98 Å². The molecule has 1 aliphatic carbocycles. The van der Waals surface area contributed by atoms with Crippen LogP contribution in [0.3, 0.4) is 0 Å². The average molecular weight is 196 g/mol. The van der Waals surface area contributed by atoms with E-state index in [0.717, 1.165) is 12.1 Å². The minimum absolute atomic E-state index is 0.249. The van der Waals surface area contributed by atoms with Crippen LogP contribution in [0.4, 0.5) is 0 Å². The number of hydrogen-bond donors (Lipinski definition) is 2. The number of nitrogens with zero attached hydrogens (tertiary/aromatic N) is 1. The Morgan fingerprint density at radius 3 is 2.93 bits per heavy atom. The van der Waals surface area contributed by atoms with Crippen LogP contribution < -0.4 is 5.73 Å². The molecule has 4 heteroatoms. The van der Waals surface area contributed by atoms with E-state index in [2.05, 4.69) is 4.98 Å². The molecule has 3 N–H and O–H groups in total. The average Bonchev–Trinajstić information content (AvgIpc) is 2.85. The number of hydrogen-bond acceptors (Lipinski definition) is 4. The first kappa shape index (κ1) is 9.68. The number of aliphatic hydroxyl groups excluding tert-OH is 1. The molecular formula is C10H16N2O2. The lowest BCUT2D eigenvalue weighted by atomic mass is 10.1. The summed E-state index contributed by atoms with van der Waals surface area (Å²) >= 11 is 0. The quantitative estimate of drug-likeness (QED) is 0.757. The molecule has 0 spiro atoms. The number of nitrogens with two attached hydrogens (primary N) is 1. The molecule has 14 heavy (non-hydrogen) atoms. The highest BCUT2D eigenvalue weighted by molar-refractivity contribution is 4.98. The largest absolute Gasteiger partial charge is 0.446 e. The molecule has 1 heterocycles. The van der Waals surface area contributed by atoms with Crippen molar-refractivity contribution in [1.29, 1.82) is 0 Å². The number of aryl methyl sites for hydroxylation is 1. The van der Waals surface area contributed by atoms with E-state index in [4.69, 9.17) is 10.2 Å². The molecule has 78 valence electrons. The van der Waals surface area contributed by atoms with E-state index in [9.17, 15) is 5.11 Å². The molecule has 2 rings (SSSR count). The summed E-state index contributed by atoms with van der Waals surface area (Å²) in [6.07, 6.45) is 4.12. The summed E-state index contributed by atoms with van der Waals surface area (Å²) in [6.45, 7) is 1.83. The van der Waals surface area contributed by atoms with Gasteiger partial charge in [0, 0.05) is 6.04 Å². The summed E-state index contributed by atoms with van der Waals surface area (Å²) in [5.41, 5.74) is 6.63. The van der Waals surface area contributed by atoms with Crippen LogP contribution in [0.15, 0.2) is 10.7 Å². The lowest BCUT2D eigenvalue weighted by Gasteiger charge is -2.14. The molecule has 2 atom stereocenters. The normalized spacial score (nSPS) is 20.8. The fourth-order valence-corrected chi connectivity index (χ4v) is 1.56. The van der Waals surface area contributed by atoms with Crippen LogP contribution in [0, 0.1) is 12.8 Å². The maximum atomic E-state index is 9.80. The van der Waals surface area contributed by atoms with Gasteiger partial charge in [0.25, 0.3) is 0 Å². The van der Waals surface area contributed by atoms with Crippen LogP contribution in [0.25, 0.3) is 0 Å². The van der Waals surface area contributed by atoms with Gasteiger partial charge in [0.15, 0.2) is 0 Å². The number of rotatable bonds is 4. The Kier molecular flexibility index (Phi) is 2.56. The SMILES string of the molecule is Cc1coc(C(O)C(N)CC2CC2)n1. The zero-order chi connectivity index (χ0) is 10.1. The second-order valence-corrected chi connectivity index (χ2v) is 4.11. The first-order chi connectivity index (χ1) is 6.66. The van der Waals surface area contributed by atoms with Gasteiger partial charge in [-0.3, -0.25) is 0 Å². The smallest absolute Gasteiger partial charge is 0.224 e. The van der Waals surface area contributed by atoms with Gasteiger partial charge in [0.1, 0.15) is 12.4 Å². The lowest BCUT2D eigenvalue weighted by molar-refractivity contribution is 0.109. The van der Waals surface area contributed by atoms with Crippen molar-refractivity contribution in [3.8, 4) is 0 Å². The molecule has 0 radical (unpaired) electrons. The lowest BCUT2D eigenvalue weighted by Crippen LogP contribution is -2.29. The highest BCUT2D eigenvalue weighted by Crippen LogP contribution is 2.35. The van der Waals surface area contributed by atoms with Crippen molar-refractivity contribution < 1.29 is 9.52 Å². The third kappa shape index (κ3) is 2.13. The van der Waals surface area contributed by atoms with Crippen molar-refractivity contribution in [3.63, 3.8) is 0 Å². The first-order valence-corrected chi connectivity index (χ1v) is 5.02. The molecule has 1 fully saturated rings. The maximum absolute atomic E-state index is 9.80. The third-order valence-electron chi connectivity index (χ3n) is 2.60. The van der Waals surface area contributed by atoms with Crippen LogP contribution >= 0.6 is 0 Å². The van der Waals surface area contributed by atoms with Gasteiger partial charge in [-0.05, 0) is 19.3 Å². The van der Waals surface area contributed by atoms with Gasteiger partial charge >= 0.3 is 0 Å². The molecule has 4 nitrogen and oxygen atoms in total. The number of aromatic nitrogens is 1. The highest BCUT2D eigenvalue weighted by Gasteiger charge is 2.29. The topological polar surface area (TPSA) is 72.3 Å². The van der Waals surface area contributed by atoms with E-state index in [1.165, 1.54) is 19.1 Å². The van der Waals surface area contributed by atoms with Crippen LogP contribution in [-0.4, -0.2) is 16.1 Å². The molecule has 0 bridgehead atoms. The number of aliphatic hydroxyl groups is 1. The first-order valence-electron chi connectivity index (χ1n) is 5.02. The summed E-state index contributed by atoms with van der Waals surface area (Å²) in [7, 11) is 0. The Morgan fingerprint density at radius 1 is 1.71 bits per heavy atom. The predicted molar refractivity (Wildman–Crippen MR) is 51.5 cm³/mol. The standard InChI is InChI=1S/C10H16N2O2/c1-6-5-14-10(12-6)9(13)8(11)4-7-2-3-7/h5,7-9,13H,2-4,11H2,1H3. The van der Waals surface area contributed by atoms with Gasteiger partial charge in [-0.2, -0.15) is 0 Å². The van der Waals surface area contributed by atoms with Crippen molar-refractivity contribution in [2.45, 2.75) is 38.3 Å². The molecule has 0 saturated heterocycles. The van der Waals surface area contributed by atoms with E-state index in [1.807, 2.05) is 6.92 Å². The molecule has 0 amide bonds. The second-order valence-electron chi connectivity index (χ2n) is 4.11. The van der Waals surface area contributed by atoms with Crippen molar-refractivity contribution >= 4 is 0 Å². The minimum Gasteiger partial charge on any atom is -0.446 e. The molecule has 0 aliphatic heterocycles. The van der Waals surface area contributed by atoms with Crippen LogP contribution in [0.5, 0.6) is 0 Å². The molecule has 1 aliphatic rings. The fraction of sp³-hybridized carbons (Fsp3) is 0.700. The van der Waals surface area contributed by atoms with Crippen molar-refractivity contribution in [2.75, 3.05) is 0 Å². The molecule has 1 aromatic rings. The van der Waals surface area contributed by atoms with E-state index in [1.54, 1.807) is 0 Å². The van der Waals surface area contributed by atoms with Gasteiger partial charge in [-0.25, -0.2) is 4.98 Å². The van der Waals surface area contributed by atoms with Gasteiger partial charge in [-0.1, -0.05) is 12.8 Å². The molecular weight excluding hydrogens is 180 g/mol. The summed E-state index contributed by atoms with van der Waals surface area (Å²) in [5, 5.41) is 9.80. The van der Waals surface area contributed by atoms with E-state index in [-0.39, 0.29) is 6.04 Å². The Labute approximate surface area is 83.1 Å². The highest BCUT2D eigenvalue weighted by atomic mass is 16.4. The zero-order valence-electron chi connectivity index (χ0n) is 8.31. The Hall–Kier alpha value is -0.870. The summed E-state index contributed by atoms with van der Waals surface area (Å²) in [4.78, 5) is 4.06. The minimum atomic E-state index is -0.760. The summed E-state index contributed by atoms with van der Waals surface area (Å²) in [5.74, 6) is 1.05. The summed E-state index contributed by atoms with van der Waals surface area (Å²) < 4.78 is 5.11. The predicted octanol–water partition coefficient (Wildman–Crippen LogP) is 1.14. The third-order valence-corrected chi connectivity index (χ3v) is 2.60. The van der Waals surface area contributed by atoms with Crippen molar-refractivity contribution in [3.05, 3.63) is 17.8 Å². The maximum Gasteiger partial charge on any atom is 0.224 e.